The second-order valence-corrected chi connectivity index (χ2v) is 6.54. The van der Waals surface area contributed by atoms with Gasteiger partial charge in [0.05, 0.1) is 17.8 Å². The van der Waals surface area contributed by atoms with Gasteiger partial charge in [-0.2, -0.15) is 0 Å². The Morgan fingerprint density at radius 2 is 2.04 bits per heavy atom. The molecule has 1 aliphatic rings. The number of ether oxygens (including phenoxy) is 1. The Morgan fingerprint density at radius 1 is 1.38 bits per heavy atom. The van der Waals surface area contributed by atoms with Crippen LogP contribution in [0.15, 0.2) is 46.2 Å². The first kappa shape index (κ1) is 17.8. The number of hydrogen-bond acceptors (Lipinski definition) is 8. The molecule has 0 saturated carbocycles. The second kappa shape index (κ2) is 6.95. The molecule has 2 amide bonds. The molecule has 12 heteroatoms. The molecule has 2 rings (SSSR count). The summed E-state index contributed by atoms with van der Waals surface area (Å²) in [7, 11) is -2.91. The Kier molecular flexibility index (Phi) is 5.17. The summed E-state index contributed by atoms with van der Waals surface area (Å²) in [6, 6.07) is 4.46. The zero-order chi connectivity index (χ0) is 17.9. The summed E-state index contributed by atoms with van der Waals surface area (Å²) in [4.78, 5) is 11.6. The highest BCUT2D eigenvalue weighted by Gasteiger charge is 2.25. The number of hydrazine groups is 2. The summed E-state index contributed by atoms with van der Waals surface area (Å²) in [5, 5.41) is 14.5. The fraction of sp³-hybridized carbons (Fsp3) is 0.167. The van der Waals surface area contributed by atoms with Gasteiger partial charge in [-0.15, -0.1) is 5.10 Å². The third-order valence-corrected chi connectivity index (χ3v) is 4.56. The molecule has 0 aliphatic carbocycles. The number of hydrazone groups is 1. The monoisotopic (exact) mass is 375 g/mol. The van der Waals surface area contributed by atoms with E-state index in [9.17, 15) is 18.4 Å². The highest BCUT2D eigenvalue weighted by Crippen LogP contribution is 2.20. The van der Waals surface area contributed by atoms with Crippen molar-refractivity contribution in [2.24, 2.45) is 5.10 Å². The van der Waals surface area contributed by atoms with Crippen molar-refractivity contribution in [3.63, 3.8) is 0 Å². The van der Waals surface area contributed by atoms with Crippen LogP contribution in [0.4, 0.5) is 4.79 Å². The number of allylic oxidation sites excluding steroid dienone is 1. The van der Waals surface area contributed by atoms with E-state index in [0.717, 1.165) is 0 Å². The zero-order valence-electron chi connectivity index (χ0n) is 12.6. The standard InChI is InChI=1S/C12H14ClN5O5S/c1-8-7-11(23-2)17(20)18(14-8)15-12(19)16-24(21,22)10-6-4-3-5-9(10)13/h3-7,20H,1-2H3,(H2,15,16,19). The van der Waals surface area contributed by atoms with Gasteiger partial charge in [0.25, 0.3) is 10.0 Å². The summed E-state index contributed by atoms with van der Waals surface area (Å²) in [6.45, 7) is 1.58. The lowest BCUT2D eigenvalue weighted by molar-refractivity contribution is -0.261. The molecule has 0 unspecified atom stereocenters. The van der Waals surface area contributed by atoms with Gasteiger partial charge in [-0.3, -0.25) is 5.21 Å². The molecule has 0 saturated heterocycles. The minimum Gasteiger partial charge on any atom is -0.480 e. The van der Waals surface area contributed by atoms with Crippen molar-refractivity contribution >= 4 is 33.4 Å². The minimum absolute atomic E-state index is 0.0308. The number of carbonyl (C=O) groups is 1. The van der Waals surface area contributed by atoms with Crippen molar-refractivity contribution in [3.8, 4) is 0 Å². The number of benzene rings is 1. The van der Waals surface area contributed by atoms with Crippen LogP contribution in [0, 0.1) is 0 Å². The predicted octanol–water partition coefficient (Wildman–Crippen LogP) is 1.03. The number of amides is 2. The van der Waals surface area contributed by atoms with Crippen LogP contribution in [0.3, 0.4) is 0 Å². The molecule has 1 aliphatic heterocycles. The number of nitrogens with one attached hydrogen (secondary N) is 2. The number of carbonyl (C=O) groups excluding carboxylic acids is 1. The second-order valence-electron chi connectivity index (χ2n) is 4.48. The van der Waals surface area contributed by atoms with Gasteiger partial charge < -0.3 is 4.74 Å². The Balaban J connectivity index is 2.11. The van der Waals surface area contributed by atoms with Crippen molar-refractivity contribution in [1.82, 2.24) is 20.5 Å². The van der Waals surface area contributed by atoms with E-state index in [1.807, 2.05) is 5.43 Å². The predicted molar refractivity (Wildman–Crippen MR) is 84.0 cm³/mol. The SMILES string of the molecule is COC1=CC(C)=NN(NC(=O)NS(=O)(=O)c2ccccc2Cl)N1O. The molecular formula is C12H14ClN5O5S. The first-order valence-electron chi connectivity index (χ1n) is 6.42. The number of hydroxylamine groups is 1. The Morgan fingerprint density at radius 3 is 2.67 bits per heavy atom. The maximum atomic E-state index is 12.1. The average molecular weight is 376 g/mol. The molecule has 0 atom stereocenters. The van der Waals surface area contributed by atoms with E-state index < -0.39 is 16.1 Å². The normalized spacial score (nSPS) is 14.7. The molecule has 1 aromatic rings. The fourth-order valence-electron chi connectivity index (χ4n) is 1.72. The first-order chi connectivity index (χ1) is 11.2. The van der Waals surface area contributed by atoms with Gasteiger partial charge >= 0.3 is 6.03 Å². The van der Waals surface area contributed by atoms with Crippen molar-refractivity contribution < 1.29 is 23.2 Å². The highest BCUT2D eigenvalue weighted by atomic mass is 35.5. The molecule has 3 N–H and O–H groups in total. The van der Waals surface area contributed by atoms with Crippen LogP contribution in [0.2, 0.25) is 5.02 Å². The molecule has 0 spiro atoms. The van der Waals surface area contributed by atoms with Crippen molar-refractivity contribution in [2.75, 3.05) is 7.11 Å². The number of methoxy groups -OCH3 is 1. The molecule has 0 aromatic heterocycles. The van der Waals surface area contributed by atoms with Crippen LogP contribution < -0.4 is 10.1 Å². The Bertz CT molecular complexity index is 810. The maximum absolute atomic E-state index is 12.1. The lowest BCUT2D eigenvalue weighted by Crippen LogP contribution is -2.54. The van der Waals surface area contributed by atoms with E-state index in [2.05, 4.69) is 5.10 Å². The van der Waals surface area contributed by atoms with Gasteiger partial charge in [0.15, 0.2) is 0 Å². The van der Waals surface area contributed by atoms with Crippen molar-refractivity contribution in [2.45, 2.75) is 11.8 Å². The third kappa shape index (κ3) is 3.88. The maximum Gasteiger partial charge on any atom is 0.350 e. The molecule has 0 radical (unpaired) electrons. The van der Waals surface area contributed by atoms with Gasteiger partial charge in [0.1, 0.15) is 4.90 Å². The van der Waals surface area contributed by atoms with Crippen molar-refractivity contribution in [3.05, 3.63) is 41.2 Å². The molecular weight excluding hydrogens is 362 g/mol. The summed E-state index contributed by atoms with van der Waals surface area (Å²) in [5.74, 6) is -0.0308. The number of urea groups is 1. The fourth-order valence-corrected chi connectivity index (χ4v) is 3.14. The van der Waals surface area contributed by atoms with Crippen LogP contribution >= 0.6 is 11.6 Å². The number of rotatable bonds is 4. The Hall–Kier alpha value is -2.50. The van der Waals surface area contributed by atoms with E-state index >= 15 is 0 Å². The van der Waals surface area contributed by atoms with Gasteiger partial charge in [-0.1, -0.05) is 34.1 Å². The summed E-state index contributed by atoms with van der Waals surface area (Å²) in [5.41, 5.74) is 2.43. The topological polar surface area (TPSA) is 124 Å². The quantitative estimate of drug-likeness (QED) is 0.717. The summed E-state index contributed by atoms with van der Waals surface area (Å²) >= 11 is 5.81. The smallest absolute Gasteiger partial charge is 0.350 e. The largest absolute Gasteiger partial charge is 0.480 e. The van der Waals surface area contributed by atoms with Crippen LogP contribution in [-0.2, 0) is 14.8 Å². The van der Waals surface area contributed by atoms with Crippen LogP contribution in [-0.4, -0.2) is 42.9 Å². The van der Waals surface area contributed by atoms with Gasteiger partial charge in [-0.05, 0) is 19.1 Å². The number of sulfonamides is 1. The van der Waals surface area contributed by atoms with Crippen LogP contribution in [0.5, 0.6) is 0 Å². The van der Waals surface area contributed by atoms with E-state index in [0.29, 0.717) is 16.1 Å². The number of hydrogen-bond donors (Lipinski definition) is 3. The van der Waals surface area contributed by atoms with E-state index in [-0.39, 0.29) is 15.8 Å². The van der Waals surface area contributed by atoms with E-state index in [1.165, 1.54) is 31.4 Å². The van der Waals surface area contributed by atoms with Crippen LogP contribution in [0.25, 0.3) is 0 Å². The molecule has 0 fully saturated rings. The minimum atomic E-state index is -4.21. The molecule has 130 valence electrons. The lowest BCUT2D eigenvalue weighted by Gasteiger charge is -2.30. The van der Waals surface area contributed by atoms with Gasteiger partial charge in [-0.25, -0.2) is 23.4 Å². The van der Waals surface area contributed by atoms with Crippen LogP contribution in [0.1, 0.15) is 6.92 Å². The van der Waals surface area contributed by atoms with Crippen molar-refractivity contribution in [1.29, 1.82) is 0 Å². The summed E-state index contributed by atoms with van der Waals surface area (Å²) < 4.78 is 30.9. The zero-order valence-corrected chi connectivity index (χ0v) is 14.2. The molecule has 0 bridgehead atoms. The van der Waals surface area contributed by atoms with E-state index in [4.69, 9.17) is 16.3 Å². The number of nitrogens with zero attached hydrogens (tertiary/aromatic N) is 3. The molecule has 24 heavy (non-hydrogen) atoms. The Labute approximate surface area is 142 Å². The highest BCUT2D eigenvalue weighted by molar-refractivity contribution is 7.90. The molecule has 10 nitrogen and oxygen atoms in total. The molecule has 1 aromatic carbocycles. The first-order valence-corrected chi connectivity index (χ1v) is 8.28. The lowest BCUT2D eigenvalue weighted by atomic mass is 10.4. The van der Waals surface area contributed by atoms with Gasteiger partial charge in [0, 0.05) is 6.08 Å². The summed E-state index contributed by atoms with van der Waals surface area (Å²) in [6.07, 6.45) is 1.40. The average Bonchev–Trinajstić information content (AvgIpc) is 2.50. The third-order valence-electron chi connectivity index (χ3n) is 2.73. The molecule has 1 heterocycles. The number of halogens is 1. The van der Waals surface area contributed by atoms with Gasteiger partial charge in [0.2, 0.25) is 5.88 Å². The van der Waals surface area contributed by atoms with E-state index in [1.54, 1.807) is 17.7 Å².